The van der Waals surface area contributed by atoms with Gasteiger partial charge in [-0.1, -0.05) is 12.1 Å². The van der Waals surface area contributed by atoms with Gasteiger partial charge in [0.15, 0.2) is 0 Å². The van der Waals surface area contributed by atoms with Crippen molar-refractivity contribution >= 4 is 28.5 Å². The second kappa shape index (κ2) is 9.73. The van der Waals surface area contributed by atoms with Crippen molar-refractivity contribution in [3.63, 3.8) is 0 Å². The molecule has 6 rings (SSSR count). The number of aromatic amines is 2. The van der Waals surface area contributed by atoms with E-state index in [0.29, 0.717) is 24.3 Å². The van der Waals surface area contributed by atoms with E-state index in [1.165, 1.54) is 0 Å². The van der Waals surface area contributed by atoms with Crippen molar-refractivity contribution in [2.45, 2.75) is 19.3 Å². The number of hydrogen-bond donors (Lipinski definition) is 3. The number of nitrogens with one attached hydrogen (secondary N) is 3. The maximum Gasteiger partial charge on any atom is 0.267 e. The van der Waals surface area contributed by atoms with Gasteiger partial charge in [0.2, 0.25) is 5.91 Å². The number of carbonyl (C=O) groups excluding carboxylic acids is 2. The van der Waals surface area contributed by atoms with Gasteiger partial charge in [-0.3, -0.25) is 14.6 Å². The Hall–Kier alpha value is -4.72. The maximum absolute atomic E-state index is 12.8. The Morgan fingerprint density at radius 2 is 1.89 bits per heavy atom. The molecule has 3 N–H and O–H groups in total. The minimum Gasteiger partial charge on any atom is -0.365 e. The number of rotatable bonds is 7. The fraction of sp³-hybridized carbons (Fsp3) is 0.172. The molecule has 4 aromatic heterocycles. The Morgan fingerprint density at radius 1 is 1.03 bits per heavy atom. The molecule has 0 unspecified atom stereocenters. The van der Waals surface area contributed by atoms with Crippen molar-refractivity contribution in [2.24, 2.45) is 0 Å². The van der Waals surface area contributed by atoms with E-state index in [4.69, 9.17) is 0 Å². The SMILES string of the molecule is O=C(NCCc1ccc[nH]1)c1cc2c(-c3cncc(-c4ccc(N5CCCC5=O)cc4)c3)ccnc2[nH]1. The summed E-state index contributed by atoms with van der Waals surface area (Å²) in [5, 5.41) is 3.82. The lowest BCUT2D eigenvalue weighted by atomic mass is 10.0. The predicted molar refractivity (Wildman–Crippen MR) is 143 cm³/mol. The van der Waals surface area contributed by atoms with E-state index in [1.807, 2.05) is 72.0 Å². The van der Waals surface area contributed by atoms with E-state index < -0.39 is 0 Å². The molecule has 0 saturated carbocycles. The van der Waals surface area contributed by atoms with E-state index in [9.17, 15) is 9.59 Å². The molecule has 1 saturated heterocycles. The number of hydrogen-bond acceptors (Lipinski definition) is 4. The smallest absolute Gasteiger partial charge is 0.267 e. The zero-order valence-corrected chi connectivity index (χ0v) is 20.2. The molecule has 0 spiro atoms. The summed E-state index contributed by atoms with van der Waals surface area (Å²) in [6, 6.07) is 17.8. The number of aromatic nitrogens is 4. The number of pyridine rings is 2. The number of benzene rings is 1. The quantitative estimate of drug-likeness (QED) is 0.307. The van der Waals surface area contributed by atoms with E-state index in [1.54, 1.807) is 6.20 Å². The van der Waals surface area contributed by atoms with E-state index >= 15 is 0 Å². The second-order valence-corrected chi connectivity index (χ2v) is 9.16. The molecule has 8 nitrogen and oxygen atoms in total. The number of anilines is 1. The number of H-pyrrole nitrogens is 2. The lowest BCUT2D eigenvalue weighted by molar-refractivity contribution is -0.117. The molecule has 0 atom stereocenters. The van der Waals surface area contributed by atoms with Crippen LogP contribution in [-0.4, -0.2) is 44.8 Å². The minimum absolute atomic E-state index is 0.168. The topological polar surface area (TPSA) is 107 Å². The minimum atomic E-state index is -0.168. The van der Waals surface area contributed by atoms with Crippen LogP contribution in [0.1, 0.15) is 29.0 Å². The van der Waals surface area contributed by atoms with Crippen LogP contribution in [-0.2, 0) is 11.2 Å². The molecule has 8 heteroatoms. The van der Waals surface area contributed by atoms with Crippen LogP contribution < -0.4 is 10.2 Å². The third kappa shape index (κ3) is 4.61. The highest BCUT2D eigenvalue weighted by molar-refractivity contribution is 6.02. The van der Waals surface area contributed by atoms with Crippen LogP contribution >= 0.6 is 0 Å². The summed E-state index contributed by atoms with van der Waals surface area (Å²) in [4.78, 5) is 41.9. The van der Waals surface area contributed by atoms with Crippen molar-refractivity contribution in [3.8, 4) is 22.3 Å². The third-order valence-corrected chi connectivity index (χ3v) is 6.75. The highest BCUT2D eigenvalue weighted by Gasteiger charge is 2.21. The Morgan fingerprint density at radius 3 is 2.68 bits per heavy atom. The van der Waals surface area contributed by atoms with Crippen molar-refractivity contribution < 1.29 is 9.59 Å². The van der Waals surface area contributed by atoms with Crippen molar-refractivity contribution in [3.05, 3.63) is 90.8 Å². The summed E-state index contributed by atoms with van der Waals surface area (Å²) < 4.78 is 0. The molecule has 2 amide bonds. The molecule has 0 aliphatic carbocycles. The largest absolute Gasteiger partial charge is 0.365 e. The van der Waals surface area contributed by atoms with Crippen LogP contribution in [0, 0.1) is 0 Å². The van der Waals surface area contributed by atoms with Gasteiger partial charge in [-0.15, -0.1) is 0 Å². The molecule has 5 heterocycles. The Labute approximate surface area is 213 Å². The lowest BCUT2D eigenvalue weighted by Crippen LogP contribution is -2.26. The molecule has 1 aliphatic heterocycles. The Bertz CT molecular complexity index is 1570. The fourth-order valence-corrected chi connectivity index (χ4v) is 4.83. The summed E-state index contributed by atoms with van der Waals surface area (Å²) in [7, 11) is 0. The highest BCUT2D eigenvalue weighted by atomic mass is 16.2. The number of fused-ring (bicyclic) bond motifs is 1. The molecule has 1 aromatic carbocycles. The molecule has 0 radical (unpaired) electrons. The first-order valence-electron chi connectivity index (χ1n) is 12.4. The van der Waals surface area contributed by atoms with E-state index in [-0.39, 0.29) is 11.8 Å². The van der Waals surface area contributed by atoms with Gasteiger partial charge in [-0.2, -0.15) is 0 Å². The van der Waals surface area contributed by atoms with Crippen molar-refractivity contribution in [1.82, 2.24) is 25.3 Å². The summed E-state index contributed by atoms with van der Waals surface area (Å²) in [5.41, 5.74) is 6.99. The average Bonchev–Trinajstić information content (AvgIpc) is 3.70. The van der Waals surface area contributed by atoms with Crippen LogP contribution in [0.3, 0.4) is 0 Å². The number of amides is 2. The average molecular weight is 491 g/mol. The highest BCUT2D eigenvalue weighted by Crippen LogP contribution is 2.31. The summed E-state index contributed by atoms with van der Waals surface area (Å²) in [5.74, 6) is 0.0112. The first kappa shape index (κ1) is 22.7. The van der Waals surface area contributed by atoms with Gasteiger partial charge < -0.3 is 20.2 Å². The van der Waals surface area contributed by atoms with Crippen LogP contribution in [0.5, 0.6) is 0 Å². The fourth-order valence-electron chi connectivity index (χ4n) is 4.83. The molecule has 1 aliphatic rings. The zero-order chi connectivity index (χ0) is 25.2. The second-order valence-electron chi connectivity index (χ2n) is 9.16. The van der Waals surface area contributed by atoms with Gasteiger partial charge in [0.05, 0.1) is 0 Å². The first-order valence-corrected chi connectivity index (χ1v) is 12.4. The van der Waals surface area contributed by atoms with Gasteiger partial charge in [-0.05, 0) is 60.0 Å². The van der Waals surface area contributed by atoms with Crippen LogP contribution in [0.15, 0.2) is 79.4 Å². The van der Waals surface area contributed by atoms with Crippen molar-refractivity contribution in [1.29, 1.82) is 0 Å². The molecule has 0 bridgehead atoms. The Balaban J connectivity index is 1.23. The van der Waals surface area contributed by atoms with Crippen LogP contribution in [0.25, 0.3) is 33.3 Å². The summed E-state index contributed by atoms with van der Waals surface area (Å²) in [6.07, 6.45) is 9.51. The lowest BCUT2D eigenvalue weighted by Gasteiger charge is -2.16. The summed E-state index contributed by atoms with van der Waals surface area (Å²) in [6.45, 7) is 1.31. The zero-order valence-electron chi connectivity index (χ0n) is 20.2. The van der Waals surface area contributed by atoms with Gasteiger partial charge in [0.25, 0.3) is 5.91 Å². The molecular formula is C29H26N6O2. The molecule has 184 valence electrons. The molecule has 5 aromatic rings. The monoisotopic (exact) mass is 490 g/mol. The number of nitrogens with zero attached hydrogens (tertiary/aromatic N) is 3. The van der Waals surface area contributed by atoms with Gasteiger partial charge in [0, 0.05) is 78.6 Å². The number of carbonyl (C=O) groups is 2. The molecule has 1 fully saturated rings. The first-order chi connectivity index (χ1) is 18.2. The Kier molecular flexibility index (Phi) is 5.98. The third-order valence-electron chi connectivity index (χ3n) is 6.75. The predicted octanol–water partition coefficient (Wildman–Crippen LogP) is 4.72. The molecule has 37 heavy (non-hydrogen) atoms. The van der Waals surface area contributed by atoms with Crippen molar-refractivity contribution in [2.75, 3.05) is 18.0 Å². The van der Waals surface area contributed by atoms with Crippen LogP contribution in [0.2, 0.25) is 0 Å². The standard InChI is InChI=1S/C29H26N6O2/c36-27-4-2-14-35(27)23-7-5-19(6-8-23)20-15-21(18-30-17-20)24-10-13-32-28-25(24)16-26(34-28)29(37)33-12-9-22-3-1-11-31-22/h1,3,5-8,10-11,13,15-18,31H,2,4,9,12,14H2,(H,32,34)(H,33,37). The summed E-state index contributed by atoms with van der Waals surface area (Å²) >= 11 is 0. The van der Waals surface area contributed by atoms with E-state index in [2.05, 4.69) is 31.3 Å². The van der Waals surface area contributed by atoms with E-state index in [0.717, 1.165) is 58.4 Å². The normalized spacial score (nSPS) is 13.4. The van der Waals surface area contributed by atoms with Crippen LogP contribution in [0.4, 0.5) is 5.69 Å². The molecular weight excluding hydrogens is 464 g/mol. The van der Waals surface area contributed by atoms with Gasteiger partial charge in [0.1, 0.15) is 11.3 Å². The maximum atomic E-state index is 12.8. The van der Waals surface area contributed by atoms with Gasteiger partial charge in [-0.25, -0.2) is 4.98 Å². The van der Waals surface area contributed by atoms with Gasteiger partial charge >= 0.3 is 0 Å².